The number of ether oxygens (including phenoxy) is 1. The van der Waals surface area contributed by atoms with Crippen LogP contribution in [0.1, 0.15) is 49.7 Å². The number of phenols is 1. The fourth-order valence-electron chi connectivity index (χ4n) is 7.91. The van der Waals surface area contributed by atoms with E-state index in [4.69, 9.17) is 9.15 Å². The quantitative estimate of drug-likeness (QED) is 0.833. The zero-order valence-corrected chi connectivity index (χ0v) is 17.3. The number of hydrogen-bond donors (Lipinski definition) is 1. The van der Waals surface area contributed by atoms with E-state index in [2.05, 4.69) is 4.90 Å². The number of furan rings is 1. The van der Waals surface area contributed by atoms with Crippen LogP contribution in [-0.4, -0.2) is 42.0 Å². The van der Waals surface area contributed by atoms with Crippen molar-refractivity contribution in [2.45, 2.75) is 55.4 Å². The summed E-state index contributed by atoms with van der Waals surface area (Å²) in [5, 5.41) is 11.3. The van der Waals surface area contributed by atoms with E-state index in [1.165, 1.54) is 24.9 Å². The Hall–Kier alpha value is -2.27. The lowest BCUT2D eigenvalue weighted by atomic mass is 9.57. The molecule has 1 aliphatic heterocycles. The summed E-state index contributed by atoms with van der Waals surface area (Å²) in [5.41, 5.74) is 4.21. The highest BCUT2D eigenvalue weighted by atomic mass is 16.5. The van der Waals surface area contributed by atoms with Crippen molar-refractivity contribution in [3.8, 4) is 22.6 Å². The van der Waals surface area contributed by atoms with E-state index in [0.717, 1.165) is 42.0 Å². The van der Waals surface area contributed by atoms with Crippen LogP contribution in [0.2, 0.25) is 0 Å². The number of hydrogen-bond acceptors (Lipinski definition) is 5. The highest BCUT2D eigenvalue weighted by Gasteiger charge is 2.76. The first-order valence-corrected chi connectivity index (χ1v) is 11.3. The van der Waals surface area contributed by atoms with Gasteiger partial charge in [-0.3, -0.25) is 9.69 Å². The highest BCUT2D eigenvalue weighted by Crippen LogP contribution is 2.75. The first-order valence-electron chi connectivity index (χ1n) is 11.3. The summed E-state index contributed by atoms with van der Waals surface area (Å²) in [4.78, 5) is 15.4. The third-order valence-electron chi connectivity index (χ3n) is 8.92. The van der Waals surface area contributed by atoms with E-state index in [-0.39, 0.29) is 16.6 Å². The summed E-state index contributed by atoms with van der Waals surface area (Å²) < 4.78 is 11.0. The molecule has 3 saturated carbocycles. The van der Waals surface area contributed by atoms with Crippen LogP contribution in [-0.2, 0) is 15.6 Å². The van der Waals surface area contributed by atoms with Crippen LogP contribution in [0.4, 0.5) is 0 Å². The number of fused-ring (bicyclic) bond motifs is 2. The van der Waals surface area contributed by atoms with Crippen molar-refractivity contribution in [1.29, 1.82) is 0 Å². The van der Waals surface area contributed by atoms with Gasteiger partial charge in [0, 0.05) is 53.9 Å². The Kier molecular flexibility index (Phi) is 3.19. The lowest BCUT2D eigenvalue weighted by Crippen LogP contribution is -2.68. The van der Waals surface area contributed by atoms with Crippen LogP contribution < -0.4 is 4.74 Å². The molecule has 2 aromatic rings. The van der Waals surface area contributed by atoms with E-state index in [9.17, 15) is 9.90 Å². The van der Waals surface area contributed by atoms with Crippen LogP contribution in [0.15, 0.2) is 29.1 Å². The fraction of sp³-hybridized carbons (Fsp3) is 0.560. The zero-order chi connectivity index (χ0) is 20.3. The highest BCUT2D eigenvalue weighted by molar-refractivity contribution is 5.86. The van der Waals surface area contributed by atoms with Crippen molar-refractivity contribution >= 4 is 5.78 Å². The van der Waals surface area contributed by atoms with Gasteiger partial charge in [0.05, 0.1) is 19.6 Å². The van der Waals surface area contributed by atoms with Crippen molar-refractivity contribution in [2.24, 2.45) is 11.8 Å². The van der Waals surface area contributed by atoms with E-state index in [1.807, 2.05) is 12.1 Å². The Balaban J connectivity index is 1.48. The average Bonchev–Trinajstić information content (AvgIpc) is 3.19. The maximum Gasteiger partial charge on any atom is 0.161 e. The summed E-state index contributed by atoms with van der Waals surface area (Å²) in [6.45, 7) is 2.25. The standard InChI is InChI=1S/C25H27NO4/c1-29-19-8-17(15-6-7-30-11-15)20-21(22(19)28)24-9-16(27)4-5-18(24)23-25(20,12-24)13-26(23)10-14-2-3-14/h6-8,11,14,18,23,28H,2-5,9-10,12-13H2,1H3/t18?,23?,24-,25?/m0/s1. The Morgan fingerprint density at radius 3 is 2.87 bits per heavy atom. The Morgan fingerprint density at radius 1 is 1.27 bits per heavy atom. The van der Waals surface area contributed by atoms with E-state index in [0.29, 0.717) is 36.3 Å². The molecule has 1 N–H and O–H groups in total. The molecule has 2 heterocycles. The Morgan fingerprint density at radius 2 is 2.13 bits per heavy atom. The van der Waals surface area contributed by atoms with Gasteiger partial charge in [-0.1, -0.05) is 0 Å². The van der Waals surface area contributed by atoms with Crippen molar-refractivity contribution in [3.05, 3.63) is 35.8 Å². The monoisotopic (exact) mass is 405 g/mol. The number of methoxy groups -OCH3 is 1. The van der Waals surface area contributed by atoms with Gasteiger partial charge in [0.1, 0.15) is 5.78 Å². The topological polar surface area (TPSA) is 62.9 Å². The van der Waals surface area contributed by atoms with Crippen LogP contribution in [0, 0.1) is 11.8 Å². The van der Waals surface area contributed by atoms with Gasteiger partial charge in [0.15, 0.2) is 11.5 Å². The molecule has 156 valence electrons. The van der Waals surface area contributed by atoms with Crippen LogP contribution >= 0.6 is 0 Å². The maximum atomic E-state index is 12.7. The molecule has 2 bridgehead atoms. The summed E-state index contributed by atoms with van der Waals surface area (Å²) in [6, 6.07) is 4.47. The number of phenolic OH excluding ortho intramolecular Hbond substituents is 1. The van der Waals surface area contributed by atoms with Crippen LogP contribution in [0.3, 0.4) is 0 Å². The number of Topliss-reactive ketones (excluding diaryl/α,β-unsaturated/α-hetero) is 1. The van der Waals surface area contributed by atoms with Gasteiger partial charge in [-0.15, -0.1) is 0 Å². The predicted molar refractivity (Wildman–Crippen MR) is 111 cm³/mol. The molecule has 5 nitrogen and oxygen atoms in total. The molecule has 0 radical (unpaired) electrons. The largest absolute Gasteiger partial charge is 0.504 e. The van der Waals surface area contributed by atoms with E-state index >= 15 is 0 Å². The summed E-state index contributed by atoms with van der Waals surface area (Å²) in [5.74, 6) is 2.42. The van der Waals surface area contributed by atoms with Gasteiger partial charge in [-0.2, -0.15) is 0 Å². The maximum absolute atomic E-state index is 12.7. The molecule has 0 amide bonds. The predicted octanol–water partition coefficient (Wildman–Crippen LogP) is 4.02. The molecular formula is C25H27NO4. The van der Waals surface area contributed by atoms with Crippen molar-refractivity contribution in [1.82, 2.24) is 4.90 Å². The van der Waals surface area contributed by atoms with Crippen LogP contribution in [0.5, 0.6) is 11.5 Å². The normalized spacial score (nSPS) is 36.2. The minimum absolute atomic E-state index is 0.0376. The smallest absolute Gasteiger partial charge is 0.161 e. The molecule has 7 rings (SSSR count). The lowest BCUT2D eigenvalue weighted by molar-refractivity contribution is -0.124. The van der Waals surface area contributed by atoms with E-state index < -0.39 is 0 Å². The Bertz CT molecular complexity index is 1070. The number of benzene rings is 1. The number of likely N-dealkylation sites (tertiary alicyclic amines) is 1. The van der Waals surface area contributed by atoms with Crippen molar-refractivity contribution < 1.29 is 19.1 Å². The third kappa shape index (κ3) is 1.91. The molecular weight excluding hydrogens is 378 g/mol. The minimum Gasteiger partial charge on any atom is -0.504 e. The molecule has 4 aliphatic carbocycles. The molecule has 30 heavy (non-hydrogen) atoms. The molecule has 4 atom stereocenters. The lowest BCUT2D eigenvalue weighted by Gasteiger charge is -2.59. The van der Waals surface area contributed by atoms with Gasteiger partial charge in [0.25, 0.3) is 0 Å². The van der Waals surface area contributed by atoms with Crippen molar-refractivity contribution in [3.63, 3.8) is 0 Å². The van der Waals surface area contributed by atoms with Crippen LogP contribution in [0.25, 0.3) is 11.1 Å². The number of nitrogens with zero attached hydrogens (tertiary/aromatic N) is 1. The number of rotatable bonds is 4. The third-order valence-corrected chi connectivity index (χ3v) is 8.92. The first-order chi connectivity index (χ1) is 14.6. The summed E-state index contributed by atoms with van der Waals surface area (Å²) >= 11 is 0. The second-order valence-electron chi connectivity index (χ2n) is 10.4. The molecule has 5 aliphatic rings. The molecule has 4 fully saturated rings. The second-order valence-corrected chi connectivity index (χ2v) is 10.4. The SMILES string of the molecule is COc1cc(-c2ccoc2)c2c(c1O)[C@]13CC(=O)CCC1C1N(CC4CC4)CC21C3. The zero-order valence-electron chi connectivity index (χ0n) is 17.3. The first kappa shape index (κ1) is 17.4. The number of carbonyl (C=O) groups is 1. The molecule has 1 aromatic heterocycles. The summed E-state index contributed by atoms with van der Waals surface area (Å²) in [6.07, 6.45) is 9.39. The number of ketones is 1. The van der Waals surface area contributed by atoms with Gasteiger partial charge in [0.2, 0.25) is 0 Å². The molecule has 1 saturated heterocycles. The molecule has 5 heteroatoms. The van der Waals surface area contributed by atoms with E-state index in [1.54, 1.807) is 19.6 Å². The van der Waals surface area contributed by atoms with Gasteiger partial charge >= 0.3 is 0 Å². The van der Waals surface area contributed by atoms with Gasteiger partial charge in [-0.05, 0) is 60.8 Å². The number of aromatic hydroxyl groups is 1. The molecule has 1 aromatic carbocycles. The van der Waals surface area contributed by atoms with Gasteiger partial charge < -0.3 is 14.3 Å². The average molecular weight is 405 g/mol. The van der Waals surface area contributed by atoms with Crippen molar-refractivity contribution in [2.75, 3.05) is 20.2 Å². The minimum atomic E-state index is -0.245. The Labute approximate surface area is 176 Å². The van der Waals surface area contributed by atoms with Gasteiger partial charge in [-0.25, -0.2) is 0 Å². The number of carbonyl (C=O) groups excluding carboxylic acids is 1. The molecule has 2 spiro atoms. The second kappa shape index (κ2) is 5.50. The fourth-order valence-corrected chi connectivity index (χ4v) is 7.91. The summed E-state index contributed by atoms with van der Waals surface area (Å²) in [7, 11) is 1.61. The molecule has 3 unspecified atom stereocenters.